The molecule has 0 aromatic carbocycles. The molecule has 0 spiro atoms. The minimum Gasteiger partial charge on any atom is -0.411 e. The van der Waals surface area contributed by atoms with Crippen LogP contribution in [0.3, 0.4) is 0 Å². The molecule has 2 fully saturated rings. The first-order chi connectivity index (χ1) is 6.08. The Hall–Kier alpha value is 0.200. The third kappa shape index (κ3) is 0.969. The topological polar surface area (TPSA) is 32.6 Å². The van der Waals surface area contributed by atoms with Crippen molar-refractivity contribution < 1.29 is 5.21 Å². The summed E-state index contributed by atoms with van der Waals surface area (Å²) in [5.41, 5.74) is 1.60. The number of oxime groups is 1. The molecule has 13 heavy (non-hydrogen) atoms. The van der Waals surface area contributed by atoms with E-state index in [-0.39, 0.29) is 5.41 Å². The highest BCUT2D eigenvalue weighted by Crippen LogP contribution is 2.64. The second kappa shape index (κ2) is 2.84. The molecule has 2 bridgehead atoms. The molecule has 74 valence electrons. The highest BCUT2D eigenvalue weighted by Gasteiger charge is 2.62. The fourth-order valence-corrected chi connectivity index (χ4v) is 5.05. The summed E-state index contributed by atoms with van der Waals surface area (Å²) in [5, 5.41) is 12.5. The van der Waals surface area contributed by atoms with Crippen molar-refractivity contribution >= 4 is 28.3 Å². The van der Waals surface area contributed by atoms with E-state index in [0.29, 0.717) is 5.41 Å². The molecule has 0 radical (unpaired) electrons. The maximum Gasteiger partial charge on any atom is 0.0648 e. The SMILES string of the molecule is CC1(C)C2CCC1(CI)C(=NO)C2. The zero-order chi connectivity index (χ0) is 9.69. The molecule has 2 aliphatic rings. The molecule has 2 unspecified atom stereocenters. The van der Waals surface area contributed by atoms with Gasteiger partial charge in [0.2, 0.25) is 0 Å². The quantitative estimate of drug-likeness (QED) is 0.343. The number of rotatable bonds is 1. The maximum absolute atomic E-state index is 9.00. The van der Waals surface area contributed by atoms with Gasteiger partial charge in [-0.25, -0.2) is 0 Å². The van der Waals surface area contributed by atoms with Gasteiger partial charge in [0.25, 0.3) is 0 Å². The molecule has 2 rings (SSSR count). The molecule has 3 heteroatoms. The van der Waals surface area contributed by atoms with Crippen molar-refractivity contribution in [2.75, 3.05) is 4.43 Å². The van der Waals surface area contributed by atoms with Gasteiger partial charge in [-0.2, -0.15) is 0 Å². The van der Waals surface area contributed by atoms with Crippen LogP contribution in [0.4, 0.5) is 0 Å². The first-order valence-electron chi connectivity index (χ1n) is 4.86. The van der Waals surface area contributed by atoms with Crippen molar-refractivity contribution in [2.45, 2.75) is 33.1 Å². The van der Waals surface area contributed by atoms with Gasteiger partial charge in [0, 0.05) is 9.84 Å². The average Bonchev–Trinajstić information content (AvgIpc) is 2.50. The van der Waals surface area contributed by atoms with Gasteiger partial charge in [-0.3, -0.25) is 0 Å². The molecule has 0 heterocycles. The van der Waals surface area contributed by atoms with E-state index in [0.717, 1.165) is 22.5 Å². The summed E-state index contributed by atoms with van der Waals surface area (Å²) in [5.74, 6) is 0.744. The van der Waals surface area contributed by atoms with Gasteiger partial charge in [-0.15, -0.1) is 0 Å². The Balaban J connectivity index is 2.47. The Morgan fingerprint density at radius 2 is 2.31 bits per heavy atom. The van der Waals surface area contributed by atoms with Gasteiger partial charge in [-0.05, 0) is 30.6 Å². The molecule has 0 aliphatic heterocycles. The highest BCUT2D eigenvalue weighted by atomic mass is 127. The maximum atomic E-state index is 9.00. The summed E-state index contributed by atoms with van der Waals surface area (Å²) in [6.07, 6.45) is 3.55. The molecule has 0 aromatic rings. The van der Waals surface area contributed by atoms with Crippen molar-refractivity contribution in [3.63, 3.8) is 0 Å². The van der Waals surface area contributed by atoms with Crippen LogP contribution < -0.4 is 0 Å². The zero-order valence-electron chi connectivity index (χ0n) is 8.18. The van der Waals surface area contributed by atoms with Crippen LogP contribution in [-0.4, -0.2) is 15.3 Å². The van der Waals surface area contributed by atoms with Crippen LogP contribution in [0.1, 0.15) is 33.1 Å². The zero-order valence-corrected chi connectivity index (χ0v) is 10.3. The van der Waals surface area contributed by atoms with Crippen LogP contribution in [0, 0.1) is 16.7 Å². The van der Waals surface area contributed by atoms with Gasteiger partial charge in [0.15, 0.2) is 0 Å². The van der Waals surface area contributed by atoms with Crippen molar-refractivity contribution in [1.29, 1.82) is 0 Å². The summed E-state index contributed by atoms with van der Waals surface area (Å²) < 4.78 is 1.09. The lowest BCUT2D eigenvalue weighted by Gasteiger charge is -2.36. The third-order valence-corrected chi connectivity index (χ3v) is 5.82. The van der Waals surface area contributed by atoms with E-state index < -0.39 is 0 Å². The fourth-order valence-electron chi connectivity index (χ4n) is 3.25. The second-order valence-corrected chi connectivity index (χ2v) is 5.69. The van der Waals surface area contributed by atoms with Crippen molar-refractivity contribution in [2.24, 2.45) is 21.9 Å². The van der Waals surface area contributed by atoms with Crippen molar-refractivity contribution in [3.8, 4) is 0 Å². The van der Waals surface area contributed by atoms with Gasteiger partial charge >= 0.3 is 0 Å². The summed E-state index contributed by atoms with van der Waals surface area (Å²) in [6.45, 7) is 4.67. The van der Waals surface area contributed by atoms with Crippen LogP contribution in [0.2, 0.25) is 0 Å². The van der Waals surface area contributed by atoms with Crippen LogP contribution in [0.25, 0.3) is 0 Å². The fraction of sp³-hybridized carbons (Fsp3) is 0.900. The van der Waals surface area contributed by atoms with Crippen molar-refractivity contribution in [3.05, 3.63) is 0 Å². The van der Waals surface area contributed by atoms with Gasteiger partial charge < -0.3 is 5.21 Å². The predicted molar refractivity (Wildman–Crippen MR) is 61.7 cm³/mol. The van der Waals surface area contributed by atoms with Gasteiger partial charge in [-0.1, -0.05) is 41.6 Å². The molecule has 2 nitrogen and oxygen atoms in total. The molecule has 0 aromatic heterocycles. The van der Waals surface area contributed by atoms with Crippen molar-refractivity contribution in [1.82, 2.24) is 0 Å². The number of alkyl halides is 1. The Morgan fingerprint density at radius 1 is 1.62 bits per heavy atom. The van der Waals surface area contributed by atoms with E-state index >= 15 is 0 Å². The minimum absolute atomic E-state index is 0.201. The lowest BCUT2D eigenvalue weighted by Crippen LogP contribution is -2.37. The summed E-state index contributed by atoms with van der Waals surface area (Å²) in [7, 11) is 0. The van der Waals surface area contributed by atoms with E-state index in [4.69, 9.17) is 5.21 Å². The Labute approximate surface area is 92.9 Å². The van der Waals surface area contributed by atoms with Gasteiger partial charge in [0.1, 0.15) is 0 Å². The first-order valence-corrected chi connectivity index (χ1v) is 6.38. The van der Waals surface area contributed by atoms with E-state index in [1.54, 1.807) is 0 Å². The lowest BCUT2D eigenvalue weighted by molar-refractivity contribution is 0.197. The highest BCUT2D eigenvalue weighted by molar-refractivity contribution is 14.1. The minimum atomic E-state index is 0.201. The molecule has 2 atom stereocenters. The molecule has 0 amide bonds. The largest absolute Gasteiger partial charge is 0.411 e. The number of halogens is 1. The number of fused-ring (bicyclic) bond motifs is 2. The van der Waals surface area contributed by atoms with E-state index in [1.807, 2.05) is 0 Å². The van der Waals surface area contributed by atoms with Crippen LogP contribution in [-0.2, 0) is 0 Å². The lowest BCUT2D eigenvalue weighted by atomic mass is 9.70. The molecular weight excluding hydrogens is 277 g/mol. The van der Waals surface area contributed by atoms with Crippen LogP contribution in [0.5, 0.6) is 0 Å². The third-order valence-electron chi connectivity index (χ3n) is 4.51. The van der Waals surface area contributed by atoms with E-state index in [2.05, 4.69) is 41.6 Å². The summed E-state index contributed by atoms with van der Waals surface area (Å²) in [4.78, 5) is 0. The molecule has 2 saturated carbocycles. The van der Waals surface area contributed by atoms with Crippen LogP contribution >= 0.6 is 22.6 Å². The standard InChI is InChI=1S/C10H16INO/c1-9(2)7-3-4-10(9,6-11)8(5-7)12-13/h7,13H,3-6H2,1-2H3. The summed E-state index contributed by atoms with van der Waals surface area (Å²) in [6, 6.07) is 0. The molecule has 1 N–H and O–H groups in total. The Morgan fingerprint density at radius 3 is 2.69 bits per heavy atom. The smallest absolute Gasteiger partial charge is 0.0648 e. The predicted octanol–water partition coefficient (Wildman–Crippen LogP) is 3.08. The average molecular weight is 293 g/mol. The number of hydrogen-bond acceptors (Lipinski definition) is 2. The second-order valence-electron chi connectivity index (χ2n) is 4.92. The molecule has 0 saturated heterocycles. The normalized spacial score (nSPS) is 44.5. The molecular formula is C10H16INO. The van der Waals surface area contributed by atoms with E-state index in [1.165, 1.54) is 12.8 Å². The number of nitrogens with zero attached hydrogens (tertiary/aromatic N) is 1. The Kier molecular flexibility index (Phi) is 2.13. The van der Waals surface area contributed by atoms with E-state index in [9.17, 15) is 0 Å². The monoisotopic (exact) mass is 293 g/mol. The number of hydrogen-bond donors (Lipinski definition) is 1. The summed E-state index contributed by atoms with van der Waals surface area (Å²) >= 11 is 2.44. The van der Waals surface area contributed by atoms with Crippen LogP contribution in [0.15, 0.2) is 5.16 Å². The first kappa shape index (κ1) is 9.74. The Bertz CT molecular complexity index is 262. The van der Waals surface area contributed by atoms with Gasteiger partial charge in [0.05, 0.1) is 5.71 Å². The molecule has 2 aliphatic carbocycles.